The molecule has 1 heterocycles. The highest BCUT2D eigenvalue weighted by molar-refractivity contribution is 5.85. The van der Waals surface area contributed by atoms with Crippen molar-refractivity contribution >= 4 is 17.7 Å². The summed E-state index contributed by atoms with van der Waals surface area (Å²) in [4.78, 5) is 13.3. The van der Waals surface area contributed by atoms with E-state index < -0.39 is 11.5 Å². The molecule has 0 amide bonds. The molecular formula is C29H31NO4. The van der Waals surface area contributed by atoms with Crippen molar-refractivity contribution in [1.29, 1.82) is 0 Å². The summed E-state index contributed by atoms with van der Waals surface area (Å²) in [6, 6.07) is 19.9. The maximum Gasteiger partial charge on any atom is 0.328 e. The van der Waals surface area contributed by atoms with Crippen molar-refractivity contribution < 1.29 is 19.7 Å². The molecule has 0 aromatic heterocycles. The number of ether oxygens (including phenoxy) is 1. The van der Waals surface area contributed by atoms with Crippen molar-refractivity contribution in [3.8, 4) is 11.5 Å². The van der Waals surface area contributed by atoms with Crippen LogP contribution in [0.1, 0.15) is 48.6 Å². The van der Waals surface area contributed by atoms with E-state index in [4.69, 9.17) is 9.84 Å². The second-order valence-corrected chi connectivity index (χ2v) is 9.23. The molecule has 1 atom stereocenters. The average molecular weight is 458 g/mol. The summed E-state index contributed by atoms with van der Waals surface area (Å²) in [5.41, 5.74) is 5.89. The Labute approximate surface area is 200 Å². The van der Waals surface area contributed by atoms with Crippen molar-refractivity contribution in [3.05, 3.63) is 94.6 Å². The van der Waals surface area contributed by atoms with Gasteiger partial charge in [-0.1, -0.05) is 30.3 Å². The Balaban J connectivity index is 1.81. The average Bonchev–Trinajstić information content (AvgIpc) is 2.79. The summed E-state index contributed by atoms with van der Waals surface area (Å²) in [5.74, 6) is 0.190. The minimum Gasteiger partial charge on any atom is -0.508 e. The smallest absolute Gasteiger partial charge is 0.328 e. The molecule has 0 saturated heterocycles. The van der Waals surface area contributed by atoms with Crippen LogP contribution in [-0.2, 0) is 16.8 Å². The monoisotopic (exact) mass is 457 g/mol. The van der Waals surface area contributed by atoms with E-state index in [9.17, 15) is 9.90 Å². The first-order chi connectivity index (χ1) is 16.2. The third kappa shape index (κ3) is 4.51. The molecule has 4 rings (SSSR count). The number of hydrogen-bond acceptors (Lipinski definition) is 4. The molecule has 0 aliphatic carbocycles. The quantitative estimate of drug-likeness (QED) is 0.450. The molecular weight excluding hydrogens is 426 g/mol. The molecule has 0 saturated carbocycles. The van der Waals surface area contributed by atoms with E-state index in [0.29, 0.717) is 0 Å². The van der Waals surface area contributed by atoms with Crippen LogP contribution in [-0.4, -0.2) is 28.8 Å². The van der Waals surface area contributed by atoms with Crippen molar-refractivity contribution in [2.45, 2.75) is 45.8 Å². The van der Waals surface area contributed by atoms with Gasteiger partial charge in [0.1, 0.15) is 11.5 Å². The molecule has 5 nitrogen and oxygen atoms in total. The number of anilines is 1. The highest BCUT2D eigenvalue weighted by Crippen LogP contribution is 2.45. The summed E-state index contributed by atoms with van der Waals surface area (Å²) in [6.45, 7) is 9.11. The highest BCUT2D eigenvalue weighted by Gasteiger charge is 2.40. The third-order valence-corrected chi connectivity index (χ3v) is 6.48. The maximum atomic E-state index is 10.9. The molecule has 0 spiro atoms. The van der Waals surface area contributed by atoms with E-state index in [1.165, 1.54) is 0 Å². The van der Waals surface area contributed by atoms with Crippen molar-refractivity contribution in [3.63, 3.8) is 0 Å². The van der Waals surface area contributed by atoms with Crippen LogP contribution < -0.4 is 9.64 Å². The van der Waals surface area contributed by atoms with Crippen LogP contribution in [0.2, 0.25) is 0 Å². The summed E-state index contributed by atoms with van der Waals surface area (Å²) < 4.78 is 5.95. The SMILES string of the molecule is Cc1cc(N2CCc3cc(O)ccc3C2(C)c2ccc(/C=C/C(=O)O)cc2)ccc1OC(C)C. The zero-order valence-corrected chi connectivity index (χ0v) is 20.1. The number of aromatic hydroxyl groups is 1. The molecule has 0 fully saturated rings. The van der Waals surface area contributed by atoms with E-state index >= 15 is 0 Å². The zero-order valence-electron chi connectivity index (χ0n) is 20.1. The van der Waals surface area contributed by atoms with Crippen LogP contribution in [0.3, 0.4) is 0 Å². The van der Waals surface area contributed by atoms with E-state index in [1.54, 1.807) is 12.1 Å². The second kappa shape index (κ2) is 9.26. The normalized spacial score (nSPS) is 17.7. The minimum atomic E-state index is -0.969. The largest absolute Gasteiger partial charge is 0.508 e. The predicted octanol–water partition coefficient (Wildman–Crippen LogP) is 5.91. The lowest BCUT2D eigenvalue weighted by Gasteiger charge is -2.48. The molecule has 0 bridgehead atoms. The molecule has 2 N–H and O–H groups in total. The molecule has 1 aliphatic rings. The first kappa shape index (κ1) is 23.4. The van der Waals surface area contributed by atoms with E-state index in [1.807, 2.05) is 44.2 Å². The number of nitrogens with zero attached hydrogens (tertiary/aromatic N) is 1. The van der Waals surface area contributed by atoms with Gasteiger partial charge in [-0.3, -0.25) is 0 Å². The van der Waals surface area contributed by atoms with E-state index in [2.05, 4.69) is 43.0 Å². The summed E-state index contributed by atoms with van der Waals surface area (Å²) in [6.07, 6.45) is 3.67. The number of benzene rings is 3. The number of carboxylic acid groups (broad SMARTS) is 1. The lowest BCUT2D eigenvalue weighted by Crippen LogP contribution is -2.49. The Morgan fingerprint density at radius 3 is 2.47 bits per heavy atom. The van der Waals surface area contributed by atoms with Gasteiger partial charge in [0, 0.05) is 18.3 Å². The Bertz CT molecular complexity index is 1230. The van der Waals surface area contributed by atoms with Gasteiger partial charge in [-0.25, -0.2) is 4.79 Å². The van der Waals surface area contributed by atoms with Crippen molar-refractivity contribution in [1.82, 2.24) is 0 Å². The van der Waals surface area contributed by atoms with Crippen LogP contribution in [0.4, 0.5) is 5.69 Å². The first-order valence-corrected chi connectivity index (χ1v) is 11.6. The number of carboxylic acids is 1. The van der Waals surface area contributed by atoms with Gasteiger partial charge in [0.25, 0.3) is 0 Å². The topological polar surface area (TPSA) is 70.0 Å². The summed E-state index contributed by atoms with van der Waals surface area (Å²) >= 11 is 0. The third-order valence-electron chi connectivity index (χ3n) is 6.48. The fraction of sp³-hybridized carbons (Fsp3) is 0.276. The van der Waals surface area contributed by atoms with Gasteiger partial charge in [0.15, 0.2) is 0 Å². The van der Waals surface area contributed by atoms with E-state index in [-0.39, 0.29) is 11.9 Å². The van der Waals surface area contributed by atoms with Crippen LogP contribution >= 0.6 is 0 Å². The van der Waals surface area contributed by atoms with Gasteiger partial charge in [0.2, 0.25) is 0 Å². The number of rotatable bonds is 6. The standard InChI is InChI=1S/C29H31NO4/c1-19(2)34-27-13-10-24(17-20(27)3)30-16-15-22-18-25(31)11-12-26(22)29(30,4)23-8-5-21(6-9-23)7-14-28(32)33/h5-14,17-19,31H,15-16H2,1-4H3,(H,32,33)/b14-7+. The second-order valence-electron chi connectivity index (χ2n) is 9.23. The number of phenols is 1. The Kier molecular flexibility index (Phi) is 6.38. The number of phenolic OH excluding ortho intramolecular Hbond substituents is 1. The van der Waals surface area contributed by atoms with Gasteiger partial charge in [-0.05, 0) is 98.3 Å². The minimum absolute atomic E-state index is 0.109. The molecule has 0 radical (unpaired) electrons. The van der Waals surface area contributed by atoms with Gasteiger partial charge < -0.3 is 19.8 Å². The number of fused-ring (bicyclic) bond motifs is 1. The number of aliphatic carboxylic acids is 1. The Hall–Kier alpha value is -3.73. The predicted molar refractivity (Wildman–Crippen MR) is 136 cm³/mol. The van der Waals surface area contributed by atoms with E-state index in [0.717, 1.165) is 58.3 Å². The molecule has 1 unspecified atom stereocenters. The first-order valence-electron chi connectivity index (χ1n) is 11.6. The molecule has 176 valence electrons. The molecule has 34 heavy (non-hydrogen) atoms. The van der Waals surface area contributed by atoms with Crippen LogP contribution in [0.15, 0.2) is 66.7 Å². The Morgan fingerprint density at radius 2 is 1.82 bits per heavy atom. The van der Waals surface area contributed by atoms with Gasteiger partial charge >= 0.3 is 5.97 Å². The maximum absolute atomic E-state index is 10.9. The molecule has 1 aliphatic heterocycles. The zero-order chi connectivity index (χ0) is 24.5. The van der Waals surface area contributed by atoms with Crippen LogP contribution in [0, 0.1) is 6.92 Å². The summed E-state index contributed by atoms with van der Waals surface area (Å²) in [5, 5.41) is 19.0. The van der Waals surface area contributed by atoms with Crippen molar-refractivity contribution in [2.75, 3.05) is 11.4 Å². The van der Waals surface area contributed by atoms with Gasteiger partial charge in [-0.2, -0.15) is 0 Å². The van der Waals surface area contributed by atoms with Gasteiger partial charge in [0.05, 0.1) is 11.6 Å². The van der Waals surface area contributed by atoms with Crippen molar-refractivity contribution in [2.24, 2.45) is 0 Å². The Morgan fingerprint density at radius 1 is 1.09 bits per heavy atom. The fourth-order valence-electron chi connectivity index (χ4n) is 4.84. The lowest BCUT2D eigenvalue weighted by atomic mass is 9.76. The lowest BCUT2D eigenvalue weighted by molar-refractivity contribution is -0.131. The summed E-state index contributed by atoms with van der Waals surface area (Å²) in [7, 11) is 0. The van der Waals surface area contributed by atoms with Crippen LogP contribution in [0.25, 0.3) is 6.08 Å². The molecule has 5 heteroatoms. The number of carbonyl (C=O) groups is 1. The molecule has 3 aromatic carbocycles. The van der Waals surface area contributed by atoms with Crippen LogP contribution in [0.5, 0.6) is 11.5 Å². The van der Waals surface area contributed by atoms with Gasteiger partial charge in [-0.15, -0.1) is 0 Å². The highest BCUT2D eigenvalue weighted by atomic mass is 16.5. The fourth-order valence-corrected chi connectivity index (χ4v) is 4.84. The molecule has 3 aromatic rings. The number of hydrogen-bond donors (Lipinski definition) is 2. The number of aryl methyl sites for hydroxylation is 1.